The summed E-state index contributed by atoms with van der Waals surface area (Å²) in [5, 5.41) is 17.3. The first-order chi connectivity index (χ1) is 15.8. The molecule has 4 rings (SSSR count). The number of nitrogens with one attached hydrogen (secondary N) is 1. The number of aliphatic carboxylic acids is 1. The number of hydrogen-bond acceptors (Lipinski definition) is 6. The van der Waals surface area contributed by atoms with E-state index in [4.69, 9.17) is 20.8 Å². The molecule has 0 atom stereocenters. The minimum absolute atomic E-state index is 0.00665. The number of furan rings is 1. The summed E-state index contributed by atoms with van der Waals surface area (Å²) in [6.45, 7) is 0. The molecule has 2 aromatic heterocycles. The average molecular weight is 612 g/mol. The van der Waals surface area contributed by atoms with E-state index in [0.717, 1.165) is 26.3 Å². The second-order valence-corrected chi connectivity index (χ2v) is 9.77. The summed E-state index contributed by atoms with van der Waals surface area (Å²) in [7, 11) is 1.54. The summed E-state index contributed by atoms with van der Waals surface area (Å²) in [6.07, 6.45) is 1.43. The summed E-state index contributed by atoms with van der Waals surface area (Å²) in [5.41, 5.74) is 1.45. The third kappa shape index (κ3) is 5.52. The van der Waals surface area contributed by atoms with Crippen LogP contribution in [0, 0.1) is 0 Å². The van der Waals surface area contributed by atoms with Crippen LogP contribution in [0.2, 0.25) is 5.02 Å². The largest absolute Gasteiger partial charge is 0.496 e. The molecule has 168 valence electrons. The number of carboxylic acids is 1. The molecule has 0 spiro atoms. The van der Waals surface area contributed by atoms with E-state index >= 15 is 0 Å². The Labute approximate surface area is 214 Å². The number of ether oxygens (including phenoxy) is 1. The van der Waals surface area contributed by atoms with Crippen molar-refractivity contribution in [3.05, 3.63) is 73.2 Å². The molecule has 0 saturated heterocycles. The van der Waals surface area contributed by atoms with E-state index in [2.05, 4.69) is 47.0 Å². The smallest absolute Gasteiger partial charge is 0.342 e. The van der Waals surface area contributed by atoms with Crippen molar-refractivity contribution in [3.8, 4) is 28.5 Å². The molecular formula is C22H14Br2ClN3O4S. The van der Waals surface area contributed by atoms with Crippen LogP contribution in [-0.4, -0.2) is 33.4 Å². The summed E-state index contributed by atoms with van der Waals surface area (Å²) >= 11 is 13.9. The first kappa shape index (κ1) is 23.6. The first-order valence-corrected chi connectivity index (χ1v) is 12.1. The Kier molecular flexibility index (Phi) is 7.28. The molecule has 11 heteroatoms. The molecule has 0 amide bonds. The molecule has 0 saturated carbocycles. The number of carboxylic acid groups (broad SMARTS) is 1. The maximum Gasteiger partial charge on any atom is 0.342 e. The van der Waals surface area contributed by atoms with Crippen molar-refractivity contribution in [3.63, 3.8) is 0 Å². The molecule has 2 heterocycles. The normalized spacial score (nSPS) is 11.6. The summed E-state index contributed by atoms with van der Waals surface area (Å²) < 4.78 is 12.9. The molecule has 0 bridgehead atoms. The highest BCUT2D eigenvalue weighted by atomic mass is 79.9. The zero-order valence-electron chi connectivity index (χ0n) is 16.8. The van der Waals surface area contributed by atoms with E-state index < -0.39 is 5.97 Å². The molecule has 4 aromatic rings. The van der Waals surface area contributed by atoms with Crippen LogP contribution in [0.4, 0.5) is 0 Å². The Morgan fingerprint density at radius 3 is 2.76 bits per heavy atom. The van der Waals surface area contributed by atoms with Gasteiger partial charge in [0.05, 0.1) is 12.7 Å². The van der Waals surface area contributed by atoms with Gasteiger partial charge in [0.2, 0.25) is 5.16 Å². The van der Waals surface area contributed by atoms with Crippen LogP contribution >= 0.6 is 55.2 Å². The van der Waals surface area contributed by atoms with Gasteiger partial charge in [-0.05, 0) is 60.3 Å². The third-order valence-electron chi connectivity index (χ3n) is 4.39. The van der Waals surface area contributed by atoms with Crippen molar-refractivity contribution < 1.29 is 19.1 Å². The number of thioether (sulfide) groups is 1. The Bertz CT molecular complexity index is 1370. The standard InChI is InChI=1S/C22H14Br2ClN3O4S/c1-31-17-6-3-12(25)9-15(17)20-26-22(28-27-20)33-19(21(29)30)10-13-4-7-18(32-13)14-8-11(23)2-5-16(14)24/h2-10H,1H3,(H,29,30)(H,26,27,28)/b19-10+. The quantitative estimate of drug-likeness (QED) is 0.169. The van der Waals surface area contributed by atoms with Gasteiger partial charge in [-0.1, -0.05) is 43.5 Å². The van der Waals surface area contributed by atoms with Crippen LogP contribution in [0.15, 0.2) is 72.0 Å². The fourth-order valence-corrected chi connectivity index (χ4v) is 4.56. The monoisotopic (exact) mass is 609 g/mol. The number of carbonyl (C=O) groups is 1. The molecule has 0 radical (unpaired) electrons. The van der Waals surface area contributed by atoms with E-state index in [1.54, 1.807) is 30.3 Å². The maximum atomic E-state index is 11.9. The SMILES string of the molecule is COc1ccc(Cl)cc1-c1nc(S/C(=C/c2ccc(-c3cc(Br)ccc3Br)o2)C(=O)O)n[nH]1. The summed E-state index contributed by atoms with van der Waals surface area (Å²) in [5.74, 6) is 0.809. The number of benzene rings is 2. The van der Waals surface area contributed by atoms with Gasteiger partial charge < -0.3 is 14.3 Å². The van der Waals surface area contributed by atoms with Crippen LogP contribution in [0.5, 0.6) is 5.75 Å². The lowest BCUT2D eigenvalue weighted by Crippen LogP contribution is -1.97. The fraction of sp³-hybridized carbons (Fsp3) is 0.0455. The highest BCUT2D eigenvalue weighted by Gasteiger charge is 2.17. The van der Waals surface area contributed by atoms with Crippen molar-refractivity contribution in [1.82, 2.24) is 15.2 Å². The van der Waals surface area contributed by atoms with Gasteiger partial charge in [-0.3, -0.25) is 5.10 Å². The lowest BCUT2D eigenvalue weighted by Gasteiger charge is -2.05. The van der Waals surface area contributed by atoms with Gasteiger partial charge in [-0.15, -0.1) is 5.10 Å². The van der Waals surface area contributed by atoms with E-state index in [1.807, 2.05) is 18.2 Å². The first-order valence-electron chi connectivity index (χ1n) is 9.28. The molecule has 7 nitrogen and oxygen atoms in total. The zero-order chi connectivity index (χ0) is 23.5. The minimum atomic E-state index is -1.13. The predicted molar refractivity (Wildman–Crippen MR) is 134 cm³/mol. The molecule has 0 fully saturated rings. The highest BCUT2D eigenvalue weighted by molar-refractivity contribution is 9.11. The van der Waals surface area contributed by atoms with Gasteiger partial charge in [0.1, 0.15) is 22.2 Å². The number of halogens is 3. The molecular weight excluding hydrogens is 598 g/mol. The van der Waals surface area contributed by atoms with Crippen molar-refractivity contribution in [2.75, 3.05) is 7.11 Å². The minimum Gasteiger partial charge on any atom is -0.496 e. The third-order valence-corrected chi connectivity index (χ3v) is 6.68. The van der Waals surface area contributed by atoms with Crippen molar-refractivity contribution in [1.29, 1.82) is 0 Å². The molecule has 2 aromatic carbocycles. The lowest BCUT2D eigenvalue weighted by molar-refractivity contribution is -0.131. The molecule has 0 aliphatic rings. The van der Waals surface area contributed by atoms with Crippen LogP contribution in [0.3, 0.4) is 0 Å². The molecule has 0 aliphatic carbocycles. The van der Waals surface area contributed by atoms with Crippen LogP contribution in [0.25, 0.3) is 28.8 Å². The average Bonchev–Trinajstić information content (AvgIpc) is 3.44. The van der Waals surface area contributed by atoms with Gasteiger partial charge in [-0.2, -0.15) is 0 Å². The zero-order valence-corrected chi connectivity index (χ0v) is 21.5. The number of H-pyrrole nitrogens is 1. The number of nitrogens with zero attached hydrogens (tertiary/aromatic N) is 2. The van der Waals surface area contributed by atoms with Gasteiger partial charge in [-0.25, -0.2) is 9.78 Å². The fourth-order valence-electron chi connectivity index (χ4n) is 2.90. The van der Waals surface area contributed by atoms with E-state index in [0.29, 0.717) is 33.7 Å². The second kappa shape index (κ2) is 10.2. The van der Waals surface area contributed by atoms with Crippen LogP contribution in [-0.2, 0) is 4.79 Å². The Balaban J connectivity index is 1.60. The van der Waals surface area contributed by atoms with E-state index in [-0.39, 0.29) is 10.1 Å². The lowest BCUT2D eigenvalue weighted by atomic mass is 10.2. The number of methoxy groups -OCH3 is 1. The number of aromatic nitrogens is 3. The van der Waals surface area contributed by atoms with Gasteiger partial charge in [0, 0.05) is 25.6 Å². The van der Waals surface area contributed by atoms with Crippen molar-refractivity contribution >= 4 is 67.3 Å². The molecule has 0 aliphatic heterocycles. The van der Waals surface area contributed by atoms with Crippen molar-refractivity contribution in [2.24, 2.45) is 0 Å². The van der Waals surface area contributed by atoms with Crippen LogP contribution < -0.4 is 4.74 Å². The number of rotatable bonds is 7. The van der Waals surface area contributed by atoms with E-state index in [9.17, 15) is 9.90 Å². The van der Waals surface area contributed by atoms with Gasteiger partial charge in [0.25, 0.3) is 0 Å². The predicted octanol–water partition coefficient (Wildman–Crippen LogP) is 7.14. The molecule has 33 heavy (non-hydrogen) atoms. The molecule has 2 N–H and O–H groups in total. The Morgan fingerprint density at radius 2 is 2.00 bits per heavy atom. The molecule has 0 unspecified atom stereocenters. The van der Waals surface area contributed by atoms with Crippen LogP contribution in [0.1, 0.15) is 5.76 Å². The topological polar surface area (TPSA) is 101 Å². The van der Waals surface area contributed by atoms with E-state index in [1.165, 1.54) is 13.2 Å². The van der Waals surface area contributed by atoms with Gasteiger partial charge >= 0.3 is 5.97 Å². The summed E-state index contributed by atoms with van der Waals surface area (Å²) in [6, 6.07) is 14.3. The Morgan fingerprint density at radius 1 is 1.18 bits per heavy atom. The van der Waals surface area contributed by atoms with Gasteiger partial charge in [0.15, 0.2) is 5.82 Å². The number of aromatic amines is 1. The number of hydrogen-bond donors (Lipinski definition) is 2. The maximum absolute atomic E-state index is 11.9. The Hall–Kier alpha value is -2.53. The summed E-state index contributed by atoms with van der Waals surface area (Å²) in [4.78, 5) is 16.2. The highest BCUT2D eigenvalue weighted by Crippen LogP contribution is 2.35. The van der Waals surface area contributed by atoms with Crippen molar-refractivity contribution in [2.45, 2.75) is 5.16 Å². The second-order valence-electron chi connectivity index (χ2n) is 6.55.